The minimum Gasteiger partial charge on any atom is -0.481 e. The maximum Gasteiger partial charge on any atom is 0.344 e. The lowest BCUT2D eigenvalue weighted by molar-refractivity contribution is -0.385. The summed E-state index contributed by atoms with van der Waals surface area (Å²) in [6.07, 6.45) is 1.37. The third kappa shape index (κ3) is 6.28. The number of hydrogen-bond acceptors (Lipinski definition) is 5. The number of hydrogen-bond donors (Lipinski definition) is 1. The van der Waals surface area contributed by atoms with Crippen LogP contribution >= 0.6 is 0 Å². The summed E-state index contributed by atoms with van der Waals surface area (Å²) in [6.45, 7) is 1.97. The second-order valence-corrected chi connectivity index (χ2v) is 8.50. The predicted octanol–water partition coefficient (Wildman–Crippen LogP) is 3.71. The van der Waals surface area contributed by atoms with Crippen molar-refractivity contribution in [2.45, 2.75) is 32.2 Å². The van der Waals surface area contributed by atoms with Crippen LogP contribution in [0, 0.1) is 16.0 Å². The SMILES string of the molecule is CC1=NC(=O)N(CCCN(C)C(=O)CCc2ccccc2)C(c2cccc([N+](=O)[O-])c2)C1C(=O)O. The molecule has 2 aromatic carbocycles. The van der Waals surface area contributed by atoms with Crippen LogP contribution in [0.4, 0.5) is 10.5 Å². The molecule has 1 aliphatic rings. The molecule has 10 heteroatoms. The second kappa shape index (κ2) is 11.4. The molecule has 0 spiro atoms. The summed E-state index contributed by atoms with van der Waals surface area (Å²) in [5.74, 6) is -2.35. The summed E-state index contributed by atoms with van der Waals surface area (Å²) in [5.41, 5.74) is 1.37. The average Bonchev–Trinajstić information content (AvgIpc) is 2.83. The summed E-state index contributed by atoms with van der Waals surface area (Å²) in [6, 6.07) is 13.8. The summed E-state index contributed by atoms with van der Waals surface area (Å²) < 4.78 is 0. The van der Waals surface area contributed by atoms with E-state index in [0.29, 0.717) is 31.4 Å². The molecule has 1 N–H and O–H groups in total. The van der Waals surface area contributed by atoms with Crippen LogP contribution in [0.2, 0.25) is 0 Å². The van der Waals surface area contributed by atoms with E-state index in [4.69, 9.17) is 0 Å². The van der Waals surface area contributed by atoms with E-state index in [1.165, 1.54) is 30.0 Å². The van der Waals surface area contributed by atoms with Crippen LogP contribution in [0.5, 0.6) is 0 Å². The van der Waals surface area contributed by atoms with E-state index in [9.17, 15) is 29.6 Å². The van der Waals surface area contributed by atoms with Crippen LogP contribution in [-0.2, 0) is 16.0 Å². The summed E-state index contributed by atoms with van der Waals surface area (Å²) in [4.78, 5) is 54.9. The standard InChI is InChI=1S/C25H28N4O6/c1-17-22(24(31)32)23(19-10-6-11-20(16-19)29(34)35)28(25(33)26-17)15-7-14-27(2)21(30)13-12-18-8-4-3-5-9-18/h3-6,8-11,16,22-23H,7,12-15H2,1-2H3,(H,31,32). The van der Waals surface area contributed by atoms with Crippen LogP contribution in [0.25, 0.3) is 0 Å². The van der Waals surface area contributed by atoms with Gasteiger partial charge in [0.25, 0.3) is 5.69 Å². The number of non-ortho nitro benzene ring substituents is 1. The summed E-state index contributed by atoms with van der Waals surface area (Å²) >= 11 is 0. The first-order valence-corrected chi connectivity index (χ1v) is 11.3. The van der Waals surface area contributed by atoms with Crippen molar-refractivity contribution < 1.29 is 24.4 Å². The second-order valence-electron chi connectivity index (χ2n) is 8.50. The molecule has 1 heterocycles. The fourth-order valence-electron chi connectivity index (χ4n) is 4.24. The number of carbonyl (C=O) groups is 3. The Kier molecular flexibility index (Phi) is 8.30. The number of aliphatic carboxylic acids is 1. The monoisotopic (exact) mass is 480 g/mol. The molecule has 2 unspecified atom stereocenters. The lowest BCUT2D eigenvalue weighted by atomic mass is 9.86. The molecule has 0 saturated carbocycles. The third-order valence-corrected chi connectivity index (χ3v) is 6.10. The largest absolute Gasteiger partial charge is 0.481 e. The van der Waals surface area contributed by atoms with Crippen molar-refractivity contribution in [3.05, 3.63) is 75.8 Å². The maximum absolute atomic E-state index is 12.8. The Bertz CT molecular complexity index is 1130. The highest BCUT2D eigenvalue weighted by Gasteiger charge is 2.42. The van der Waals surface area contributed by atoms with Crippen molar-refractivity contribution in [1.82, 2.24) is 9.80 Å². The van der Waals surface area contributed by atoms with Crippen molar-refractivity contribution in [3.8, 4) is 0 Å². The smallest absolute Gasteiger partial charge is 0.344 e. The Morgan fingerprint density at radius 2 is 1.89 bits per heavy atom. The number of carboxylic acids is 1. The first-order chi connectivity index (χ1) is 16.7. The molecule has 2 aromatic rings. The van der Waals surface area contributed by atoms with Gasteiger partial charge < -0.3 is 14.9 Å². The van der Waals surface area contributed by atoms with Gasteiger partial charge in [-0.1, -0.05) is 42.5 Å². The highest BCUT2D eigenvalue weighted by molar-refractivity contribution is 6.07. The van der Waals surface area contributed by atoms with Gasteiger partial charge in [-0.05, 0) is 30.9 Å². The first kappa shape index (κ1) is 25.5. The van der Waals surface area contributed by atoms with Crippen LogP contribution in [0.3, 0.4) is 0 Å². The summed E-state index contributed by atoms with van der Waals surface area (Å²) in [7, 11) is 1.69. The Morgan fingerprint density at radius 3 is 2.54 bits per heavy atom. The van der Waals surface area contributed by atoms with Gasteiger partial charge >= 0.3 is 12.0 Å². The molecule has 3 rings (SSSR count). The van der Waals surface area contributed by atoms with Crippen molar-refractivity contribution in [1.29, 1.82) is 0 Å². The molecule has 0 bridgehead atoms. The highest BCUT2D eigenvalue weighted by atomic mass is 16.6. The normalized spacial score (nSPS) is 17.6. The van der Waals surface area contributed by atoms with E-state index in [1.807, 2.05) is 30.3 Å². The lowest BCUT2D eigenvalue weighted by Crippen LogP contribution is -2.47. The zero-order valence-corrected chi connectivity index (χ0v) is 19.7. The van der Waals surface area contributed by atoms with Crippen LogP contribution in [0.15, 0.2) is 59.6 Å². The Hall–Kier alpha value is -4.08. The molecular formula is C25H28N4O6. The fraction of sp³-hybridized carbons (Fsp3) is 0.360. The lowest BCUT2D eigenvalue weighted by Gasteiger charge is -2.38. The van der Waals surface area contributed by atoms with E-state index in [0.717, 1.165) is 5.56 Å². The molecule has 35 heavy (non-hydrogen) atoms. The topological polar surface area (TPSA) is 133 Å². The molecule has 3 amide bonds. The molecule has 0 radical (unpaired) electrons. The molecule has 1 aliphatic heterocycles. The average molecular weight is 481 g/mol. The van der Waals surface area contributed by atoms with E-state index >= 15 is 0 Å². The van der Waals surface area contributed by atoms with E-state index in [1.54, 1.807) is 18.0 Å². The van der Waals surface area contributed by atoms with Gasteiger partial charge in [-0.3, -0.25) is 19.7 Å². The zero-order chi connectivity index (χ0) is 25.5. The zero-order valence-electron chi connectivity index (χ0n) is 19.7. The van der Waals surface area contributed by atoms with Gasteiger partial charge in [-0.15, -0.1) is 0 Å². The number of nitro benzene ring substituents is 1. The van der Waals surface area contributed by atoms with E-state index < -0.39 is 28.9 Å². The molecule has 0 saturated heterocycles. The molecule has 0 aliphatic carbocycles. The van der Waals surface area contributed by atoms with Crippen molar-refractivity contribution in [2.24, 2.45) is 10.9 Å². The molecule has 0 aromatic heterocycles. The fourth-order valence-corrected chi connectivity index (χ4v) is 4.24. The maximum atomic E-state index is 12.8. The Morgan fingerprint density at radius 1 is 1.17 bits per heavy atom. The molecule has 2 atom stereocenters. The van der Waals surface area contributed by atoms with Crippen LogP contribution in [0.1, 0.15) is 36.9 Å². The van der Waals surface area contributed by atoms with Gasteiger partial charge in [-0.2, -0.15) is 0 Å². The predicted molar refractivity (Wildman–Crippen MR) is 129 cm³/mol. The van der Waals surface area contributed by atoms with Gasteiger partial charge in [-0.25, -0.2) is 9.79 Å². The highest BCUT2D eigenvalue weighted by Crippen LogP contribution is 2.35. The summed E-state index contributed by atoms with van der Waals surface area (Å²) in [5, 5.41) is 21.1. The number of rotatable bonds is 10. The van der Waals surface area contributed by atoms with E-state index in [-0.39, 0.29) is 23.9 Å². The molecule has 0 fully saturated rings. The third-order valence-electron chi connectivity index (χ3n) is 6.10. The molecule has 184 valence electrons. The number of urea groups is 1. The number of aryl methyl sites for hydroxylation is 1. The number of aliphatic imine (C=N–C) groups is 1. The van der Waals surface area contributed by atoms with Gasteiger partial charge in [0.15, 0.2) is 0 Å². The molecule has 10 nitrogen and oxygen atoms in total. The number of nitrogens with zero attached hydrogens (tertiary/aromatic N) is 4. The quantitative estimate of drug-likeness (QED) is 0.407. The molecular weight excluding hydrogens is 452 g/mol. The van der Waals surface area contributed by atoms with Crippen molar-refractivity contribution >= 4 is 29.3 Å². The number of amides is 3. The van der Waals surface area contributed by atoms with Crippen molar-refractivity contribution in [2.75, 3.05) is 20.1 Å². The number of benzene rings is 2. The van der Waals surface area contributed by atoms with Gasteiger partial charge in [0.05, 0.1) is 11.0 Å². The minimum atomic E-state index is -1.17. The number of nitro groups is 1. The Labute approximate surface area is 203 Å². The van der Waals surface area contributed by atoms with Crippen molar-refractivity contribution in [3.63, 3.8) is 0 Å². The number of carboxylic acid groups (broad SMARTS) is 1. The van der Waals surface area contributed by atoms with Gasteiger partial charge in [0.1, 0.15) is 5.92 Å². The van der Waals surface area contributed by atoms with Crippen LogP contribution in [-0.4, -0.2) is 63.6 Å². The first-order valence-electron chi connectivity index (χ1n) is 11.3. The number of carbonyl (C=O) groups excluding carboxylic acids is 2. The minimum absolute atomic E-state index is 0.0358. The van der Waals surface area contributed by atoms with Gasteiger partial charge in [0, 0.05) is 44.4 Å². The van der Waals surface area contributed by atoms with Gasteiger partial charge in [0.2, 0.25) is 5.91 Å². The van der Waals surface area contributed by atoms with E-state index in [2.05, 4.69) is 4.99 Å². The Balaban J connectivity index is 1.71. The van der Waals surface area contributed by atoms with Crippen LogP contribution < -0.4 is 0 Å².